The Hall–Kier alpha value is -0.740. The first kappa shape index (κ1) is 14.7. The lowest BCUT2D eigenvalue weighted by atomic mass is 10.0. The molecule has 1 atom stereocenters. The zero-order chi connectivity index (χ0) is 13.8. The van der Waals surface area contributed by atoms with E-state index < -0.39 is 0 Å². The van der Waals surface area contributed by atoms with Crippen LogP contribution in [-0.2, 0) is 0 Å². The predicted octanol–water partition coefficient (Wildman–Crippen LogP) is 5.82. The van der Waals surface area contributed by atoms with Gasteiger partial charge in [-0.15, -0.1) is 0 Å². The molecule has 0 heterocycles. The molecule has 0 aromatic heterocycles. The van der Waals surface area contributed by atoms with E-state index in [1.54, 1.807) is 0 Å². The van der Waals surface area contributed by atoms with Gasteiger partial charge in [0.1, 0.15) is 0 Å². The molecule has 2 rings (SSSR count). The first-order valence-electron chi connectivity index (χ1n) is 6.38. The maximum absolute atomic E-state index is 5.94. The van der Waals surface area contributed by atoms with Crippen LogP contribution >= 0.6 is 34.2 Å². The van der Waals surface area contributed by atoms with Crippen molar-refractivity contribution in [1.29, 1.82) is 0 Å². The molecule has 0 radical (unpaired) electrons. The van der Waals surface area contributed by atoms with Crippen molar-refractivity contribution < 1.29 is 0 Å². The van der Waals surface area contributed by atoms with Gasteiger partial charge in [-0.3, -0.25) is 0 Å². The van der Waals surface area contributed by atoms with Crippen LogP contribution < -0.4 is 5.32 Å². The average molecular weight is 386 g/mol. The highest BCUT2D eigenvalue weighted by Gasteiger charge is 2.10. The Kier molecular flexibility index (Phi) is 5.11. The van der Waals surface area contributed by atoms with Crippen molar-refractivity contribution in [3.05, 3.63) is 62.2 Å². The third-order valence-corrected chi connectivity index (χ3v) is 4.12. The lowest BCUT2D eigenvalue weighted by Gasteiger charge is -2.20. The number of nitrogens with one attached hydrogen (secondary N) is 1. The number of anilines is 1. The van der Waals surface area contributed by atoms with Gasteiger partial charge in [0.05, 0.1) is 6.04 Å². The van der Waals surface area contributed by atoms with E-state index in [2.05, 4.69) is 72.1 Å². The Balaban J connectivity index is 2.21. The van der Waals surface area contributed by atoms with Crippen molar-refractivity contribution in [3.8, 4) is 0 Å². The van der Waals surface area contributed by atoms with Crippen LogP contribution in [0.5, 0.6) is 0 Å². The Labute approximate surface area is 133 Å². The summed E-state index contributed by atoms with van der Waals surface area (Å²) in [5.41, 5.74) is 3.74. The molecule has 0 aliphatic rings. The number of halogens is 2. The summed E-state index contributed by atoms with van der Waals surface area (Å²) in [5.74, 6) is 0. The third kappa shape index (κ3) is 3.86. The predicted molar refractivity (Wildman–Crippen MR) is 92.0 cm³/mol. The van der Waals surface area contributed by atoms with Crippen LogP contribution in [0.2, 0.25) is 5.02 Å². The van der Waals surface area contributed by atoms with Crippen LogP contribution in [0, 0.1) is 10.5 Å². The summed E-state index contributed by atoms with van der Waals surface area (Å²) in [6.07, 6.45) is 1.03. The van der Waals surface area contributed by atoms with Crippen molar-refractivity contribution in [2.45, 2.75) is 26.3 Å². The molecule has 1 N–H and O–H groups in total. The van der Waals surface area contributed by atoms with Gasteiger partial charge in [-0.2, -0.15) is 0 Å². The van der Waals surface area contributed by atoms with E-state index in [0.29, 0.717) is 6.04 Å². The number of rotatable bonds is 4. The standard InChI is InChI=1S/C16H17ClIN/c1-3-15(12-4-6-13(17)7-5-12)19-16-9-8-14(18)10-11(16)2/h4-10,15,19H,3H2,1-2H3. The molecule has 2 aromatic carbocycles. The zero-order valence-corrected chi connectivity index (χ0v) is 14.0. The molecule has 0 saturated heterocycles. The monoisotopic (exact) mass is 385 g/mol. The van der Waals surface area contributed by atoms with Crippen molar-refractivity contribution in [3.63, 3.8) is 0 Å². The minimum atomic E-state index is 0.316. The van der Waals surface area contributed by atoms with Crippen LogP contribution in [0.25, 0.3) is 0 Å². The van der Waals surface area contributed by atoms with Gasteiger partial charge in [0.25, 0.3) is 0 Å². The summed E-state index contributed by atoms with van der Waals surface area (Å²) in [4.78, 5) is 0. The molecule has 1 nitrogen and oxygen atoms in total. The second-order valence-corrected chi connectivity index (χ2v) is 6.30. The number of aryl methyl sites for hydroxylation is 1. The van der Waals surface area contributed by atoms with Gasteiger partial charge in [-0.05, 0) is 77.4 Å². The Morgan fingerprint density at radius 1 is 1.16 bits per heavy atom. The number of hydrogen-bond acceptors (Lipinski definition) is 1. The maximum atomic E-state index is 5.94. The van der Waals surface area contributed by atoms with Crippen LogP contribution in [0.15, 0.2) is 42.5 Å². The molecule has 0 saturated carbocycles. The van der Waals surface area contributed by atoms with E-state index in [1.165, 1.54) is 20.4 Å². The van der Waals surface area contributed by atoms with Gasteiger partial charge in [-0.25, -0.2) is 0 Å². The highest BCUT2D eigenvalue weighted by Crippen LogP contribution is 2.26. The van der Waals surface area contributed by atoms with Gasteiger partial charge < -0.3 is 5.32 Å². The zero-order valence-electron chi connectivity index (χ0n) is 11.1. The fourth-order valence-corrected chi connectivity index (χ4v) is 2.87. The summed E-state index contributed by atoms with van der Waals surface area (Å²) in [7, 11) is 0. The van der Waals surface area contributed by atoms with Crippen molar-refractivity contribution >= 4 is 39.9 Å². The number of hydrogen-bond donors (Lipinski definition) is 1. The SMILES string of the molecule is CCC(Nc1ccc(I)cc1C)c1ccc(Cl)cc1. The van der Waals surface area contributed by atoms with E-state index in [9.17, 15) is 0 Å². The molecule has 0 bridgehead atoms. The topological polar surface area (TPSA) is 12.0 Å². The summed E-state index contributed by atoms with van der Waals surface area (Å²) in [6, 6.07) is 14.9. The Bertz CT molecular complexity index is 551. The molecule has 3 heteroatoms. The molecule has 0 aliphatic carbocycles. The molecule has 1 unspecified atom stereocenters. The van der Waals surface area contributed by atoms with Crippen molar-refractivity contribution in [2.75, 3.05) is 5.32 Å². The molecule has 19 heavy (non-hydrogen) atoms. The lowest BCUT2D eigenvalue weighted by Crippen LogP contribution is -2.10. The number of benzene rings is 2. The van der Waals surface area contributed by atoms with Gasteiger partial charge in [0.2, 0.25) is 0 Å². The average Bonchev–Trinajstić information content (AvgIpc) is 2.39. The van der Waals surface area contributed by atoms with E-state index in [4.69, 9.17) is 11.6 Å². The quantitative estimate of drug-likeness (QED) is 0.654. The second-order valence-electron chi connectivity index (χ2n) is 4.62. The Morgan fingerprint density at radius 3 is 2.42 bits per heavy atom. The van der Waals surface area contributed by atoms with E-state index in [0.717, 1.165) is 11.4 Å². The molecule has 2 aromatic rings. The van der Waals surface area contributed by atoms with Gasteiger partial charge in [-0.1, -0.05) is 30.7 Å². The van der Waals surface area contributed by atoms with Gasteiger partial charge in [0.15, 0.2) is 0 Å². The van der Waals surface area contributed by atoms with Crippen LogP contribution in [-0.4, -0.2) is 0 Å². The fourth-order valence-electron chi connectivity index (χ4n) is 2.09. The van der Waals surface area contributed by atoms with Crippen molar-refractivity contribution in [2.24, 2.45) is 0 Å². The van der Waals surface area contributed by atoms with Crippen LogP contribution in [0.4, 0.5) is 5.69 Å². The molecule has 100 valence electrons. The van der Waals surface area contributed by atoms with Crippen LogP contribution in [0.1, 0.15) is 30.5 Å². The summed E-state index contributed by atoms with van der Waals surface area (Å²) in [5, 5.41) is 4.40. The summed E-state index contributed by atoms with van der Waals surface area (Å²) < 4.78 is 1.26. The van der Waals surface area contributed by atoms with E-state index >= 15 is 0 Å². The first-order valence-corrected chi connectivity index (χ1v) is 7.84. The van der Waals surface area contributed by atoms with E-state index in [1.807, 2.05) is 12.1 Å². The third-order valence-electron chi connectivity index (χ3n) is 3.20. The normalized spacial score (nSPS) is 12.2. The fraction of sp³-hybridized carbons (Fsp3) is 0.250. The highest BCUT2D eigenvalue weighted by atomic mass is 127. The smallest absolute Gasteiger partial charge is 0.0511 e. The minimum absolute atomic E-state index is 0.316. The highest BCUT2D eigenvalue weighted by molar-refractivity contribution is 14.1. The first-order chi connectivity index (χ1) is 9.10. The molecule has 0 spiro atoms. The summed E-state index contributed by atoms with van der Waals surface area (Å²) >= 11 is 8.28. The Morgan fingerprint density at radius 2 is 1.84 bits per heavy atom. The molecule has 0 fully saturated rings. The van der Waals surface area contributed by atoms with Gasteiger partial charge >= 0.3 is 0 Å². The van der Waals surface area contributed by atoms with Crippen molar-refractivity contribution in [1.82, 2.24) is 0 Å². The summed E-state index contributed by atoms with van der Waals surface area (Å²) in [6.45, 7) is 4.33. The second kappa shape index (κ2) is 6.62. The minimum Gasteiger partial charge on any atom is -0.378 e. The van der Waals surface area contributed by atoms with E-state index in [-0.39, 0.29) is 0 Å². The molecule has 0 aliphatic heterocycles. The van der Waals surface area contributed by atoms with Gasteiger partial charge in [0, 0.05) is 14.3 Å². The molecular weight excluding hydrogens is 369 g/mol. The lowest BCUT2D eigenvalue weighted by molar-refractivity contribution is 0.748. The largest absolute Gasteiger partial charge is 0.378 e. The maximum Gasteiger partial charge on any atom is 0.0511 e. The van der Waals surface area contributed by atoms with Crippen LogP contribution in [0.3, 0.4) is 0 Å². The molecular formula is C16H17ClIN. The molecule has 0 amide bonds.